The van der Waals surface area contributed by atoms with Crippen LogP contribution in [0.15, 0.2) is 43.9 Å². The van der Waals surface area contributed by atoms with Gasteiger partial charge in [-0.1, -0.05) is 5.16 Å². The van der Waals surface area contributed by atoms with E-state index in [1.807, 2.05) is 0 Å². The van der Waals surface area contributed by atoms with Crippen molar-refractivity contribution in [1.82, 2.24) is 10.1 Å². The number of benzene rings is 1. The Labute approximate surface area is 150 Å². The van der Waals surface area contributed by atoms with Crippen molar-refractivity contribution in [2.75, 3.05) is 11.4 Å². The molecule has 2 aromatic heterocycles. The maximum absolute atomic E-state index is 13.4. The van der Waals surface area contributed by atoms with Crippen molar-refractivity contribution >= 4 is 27.5 Å². The molecule has 3 aromatic rings. The molecule has 1 aromatic carbocycles. The van der Waals surface area contributed by atoms with Crippen molar-refractivity contribution in [2.45, 2.75) is 19.3 Å². The van der Waals surface area contributed by atoms with Gasteiger partial charge in [-0.3, -0.25) is 4.79 Å². The molecule has 0 bridgehead atoms. The summed E-state index contributed by atoms with van der Waals surface area (Å²) in [5, 5.41) is 3.98. The quantitative estimate of drug-likeness (QED) is 0.656. The number of halogens is 2. The summed E-state index contributed by atoms with van der Waals surface area (Å²) in [5.41, 5.74) is 1.17. The predicted octanol–water partition coefficient (Wildman–Crippen LogP) is 4.06. The summed E-state index contributed by atoms with van der Waals surface area (Å²) in [4.78, 5) is 18.3. The average molecular weight is 406 g/mol. The van der Waals surface area contributed by atoms with Crippen LogP contribution in [-0.2, 0) is 4.79 Å². The van der Waals surface area contributed by atoms with E-state index in [1.165, 1.54) is 6.07 Å². The molecule has 1 aliphatic rings. The highest BCUT2D eigenvalue weighted by atomic mass is 79.9. The average Bonchev–Trinajstić information content (AvgIpc) is 3.29. The van der Waals surface area contributed by atoms with Crippen molar-refractivity contribution in [3.8, 4) is 11.7 Å². The van der Waals surface area contributed by atoms with Crippen molar-refractivity contribution in [3.05, 3.63) is 52.2 Å². The summed E-state index contributed by atoms with van der Waals surface area (Å²) in [6, 6.07) is 8.08. The van der Waals surface area contributed by atoms with Gasteiger partial charge in [0.05, 0.1) is 0 Å². The predicted molar refractivity (Wildman–Crippen MR) is 90.5 cm³/mol. The zero-order chi connectivity index (χ0) is 17.6. The van der Waals surface area contributed by atoms with Crippen molar-refractivity contribution in [2.24, 2.45) is 0 Å². The topological polar surface area (TPSA) is 72.4 Å². The van der Waals surface area contributed by atoms with Crippen LogP contribution in [0.5, 0.6) is 0 Å². The van der Waals surface area contributed by atoms with E-state index in [2.05, 4.69) is 26.1 Å². The standard InChI is InChI=1S/C17H13BrFN3O3/c1-9-6-11(2-3-12(9)19)22-8-10(7-15(22)23)16-20-17(25-21-16)13-4-5-14(18)24-13/h2-6,10H,7-8H2,1H3. The van der Waals surface area contributed by atoms with E-state index in [1.54, 1.807) is 36.1 Å². The monoisotopic (exact) mass is 405 g/mol. The molecule has 25 heavy (non-hydrogen) atoms. The van der Waals surface area contributed by atoms with Crippen LogP contribution < -0.4 is 4.90 Å². The van der Waals surface area contributed by atoms with Gasteiger partial charge in [0, 0.05) is 24.6 Å². The van der Waals surface area contributed by atoms with Crippen LogP contribution in [0.3, 0.4) is 0 Å². The second-order valence-corrected chi connectivity index (χ2v) is 6.68. The number of furan rings is 1. The lowest BCUT2D eigenvalue weighted by Crippen LogP contribution is -2.24. The normalized spacial score (nSPS) is 17.5. The maximum Gasteiger partial charge on any atom is 0.293 e. The fourth-order valence-electron chi connectivity index (χ4n) is 2.86. The van der Waals surface area contributed by atoms with Gasteiger partial charge in [0.25, 0.3) is 5.89 Å². The molecule has 1 aliphatic heterocycles. The van der Waals surface area contributed by atoms with E-state index in [4.69, 9.17) is 8.94 Å². The lowest BCUT2D eigenvalue weighted by Gasteiger charge is -2.16. The highest BCUT2D eigenvalue weighted by Crippen LogP contribution is 2.32. The molecule has 1 fully saturated rings. The number of carbonyl (C=O) groups is 1. The molecule has 1 unspecified atom stereocenters. The van der Waals surface area contributed by atoms with Gasteiger partial charge in [-0.15, -0.1) is 0 Å². The van der Waals surface area contributed by atoms with Gasteiger partial charge in [0.2, 0.25) is 5.91 Å². The largest absolute Gasteiger partial charge is 0.444 e. The number of rotatable bonds is 3. The van der Waals surface area contributed by atoms with Crippen LogP contribution in [0.25, 0.3) is 11.7 Å². The zero-order valence-electron chi connectivity index (χ0n) is 13.2. The van der Waals surface area contributed by atoms with Gasteiger partial charge in [0.1, 0.15) is 5.82 Å². The van der Waals surface area contributed by atoms with E-state index in [0.717, 1.165) is 0 Å². The number of hydrogen-bond donors (Lipinski definition) is 0. The first-order chi connectivity index (χ1) is 12.0. The third-order valence-electron chi connectivity index (χ3n) is 4.17. The number of hydrogen-bond acceptors (Lipinski definition) is 5. The molecule has 1 amide bonds. The van der Waals surface area contributed by atoms with E-state index < -0.39 is 0 Å². The Morgan fingerprint density at radius 2 is 2.16 bits per heavy atom. The van der Waals surface area contributed by atoms with E-state index in [-0.39, 0.29) is 30.0 Å². The fraction of sp³-hybridized carbons (Fsp3) is 0.235. The second-order valence-electron chi connectivity index (χ2n) is 5.90. The van der Waals surface area contributed by atoms with Crippen LogP contribution in [0.2, 0.25) is 0 Å². The Bertz CT molecular complexity index is 952. The number of aromatic nitrogens is 2. The molecule has 1 atom stereocenters. The minimum atomic E-state index is -0.292. The first-order valence-electron chi connectivity index (χ1n) is 7.67. The minimum Gasteiger partial charge on any atom is -0.444 e. The molecule has 6 nitrogen and oxygen atoms in total. The second kappa shape index (κ2) is 6.11. The summed E-state index contributed by atoms with van der Waals surface area (Å²) in [5.74, 6) is 0.652. The Morgan fingerprint density at radius 3 is 2.88 bits per heavy atom. The molecule has 0 aliphatic carbocycles. The van der Waals surface area contributed by atoms with Crippen LogP contribution in [0.1, 0.15) is 23.7 Å². The van der Waals surface area contributed by atoms with Crippen LogP contribution >= 0.6 is 15.9 Å². The molecule has 0 saturated carbocycles. The molecular weight excluding hydrogens is 393 g/mol. The van der Waals surface area contributed by atoms with Crippen LogP contribution in [0, 0.1) is 12.7 Å². The maximum atomic E-state index is 13.4. The number of nitrogens with zero attached hydrogens (tertiary/aromatic N) is 3. The Kier molecular flexibility index (Phi) is 3.91. The van der Waals surface area contributed by atoms with Crippen molar-refractivity contribution < 1.29 is 18.1 Å². The summed E-state index contributed by atoms with van der Waals surface area (Å²) >= 11 is 3.22. The SMILES string of the molecule is Cc1cc(N2CC(c3noc(-c4ccc(Br)o4)n3)CC2=O)ccc1F. The molecule has 8 heteroatoms. The minimum absolute atomic E-state index is 0.0527. The lowest BCUT2D eigenvalue weighted by atomic mass is 10.1. The molecule has 128 valence electrons. The zero-order valence-corrected chi connectivity index (χ0v) is 14.8. The Morgan fingerprint density at radius 1 is 1.32 bits per heavy atom. The molecule has 0 spiro atoms. The van der Waals surface area contributed by atoms with Gasteiger partial charge >= 0.3 is 0 Å². The lowest BCUT2D eigenvalue weighted by molar-refractivity contribution is -0.117. The molecule has 4 rings (SSSR count). The Balaban J connectivity index is 1.56. The molecule has 0 N–H and O–H groups in total. The van der Waals surface area contributed by atoms with Gasteiger partial charge in [-0.2, -0.15) is 4.98 Å². The summed E-state index contributed by atoms with van der Waals surface area (Å²) in [6.45, 7) is 2.09. The number of carbonyl (C=O) groups excluding carboxylic acids is 1. The van der Waals surface area contributed by atoms with Crippen LogP contribution in [0.4, 0.5) is 10.1 Å². The van der Waals surface area contributed by atoms with Gasteiger partial charge in [-0.25, -0.2) is 4.39 Å². The Hall–Kier alpha value is -2.48. The first-order valence-corrected chi connectivity index (χ1v) is 8.46. The van der Waals surface area contributed by atoms with Gasteiger partial charge < -0.3 is 13.8 Å². The first kappa shape index (κ1) is 16.0. The van der Waals surface area contributed by atoms with E-state index in [9.17, 15) is 9.18 Å². The number of amides is 1. The molecule has 0 radical (unpaired) electrons. The van der Waals surface area contributed by atoms with Crippen molar-refractivity contribution in [3.63, 3.8) is 0 Å². The van der Waals surface area contributed by atoms with E-state index >= 15 is 0 Å². The van der Waals surface area contributed by atoms with Crippen molar-refractivity contribution in [1.29, 1.82) is 0 Å². The third-order valence-corrected chi connectivity index (χ3v) is 4.60. The number of aryl methyl sites for hydroxylation is 1. The molecule has 3 heterocycles. The summed E-state index contributed by atoms with van der Waals surface area (Å²) in [6.07, 6.45) is 0.275. The summed E-state index contributed by atoms with van der Waals surface area (Å²) in [7, 11) is 0. The number of anilines is 1. The highest BCUT2D eigenvalue weighted by molar-refractivity contribution is 9.10. The fourth-order valence-corrected chi connectivity index (χ4v) is 3.16. The third kappa shape index (κ3) is 2.97. The summed E-state index contributed by atoms with van der Waals surface area (Å²) < 4.78 is 24.6. The smallest absolute Gasteiger partial charge is 0.293 e. The van der Waals surface area contributed by atoms with Gasteiger partial charge in [0.15, 0.2) is 16.3 Å². The van der Waals surface area contributed by atoms with Crippen LogP contribution in [-0.4, -0.2) is 22.6 Å². The molecule has 1 saturated heterocycles. The van der Waals surface area contributed by atoms with E-state index in [0.29, 0.717) is 34.0 Å². The van der Waals surface area contributed by atoms with Gasteiger partial charge in [-0.05, 0) is 58.7 Å². The highest BCUT2D eigenvalue weighted by Gasteiger charge is 2.35. The molecular formula is C17H13BrFN3O3.